The summed E-state index contributed by atoms with van der Waals surface area (Å²) < 4.78 is 17.8. The van der Waals surface area contributed by atoms with Crippen LogP contribution in [0.1, 0.15) is 47.6 Å². The summed E-state index contributed by atoms with van der Waals surface area (Å²) in [5.41, 5.74) is 4.01. The number of ether oxygens (including phenoxy) is 3. The Morgan fingerprint density at radius 1 is 0.784 bits per heavy atom. The zero-order valence-corrected chi connectivity index (χ0v) is 21.1. The highest BCUT2D eigenvalue weighted by Crippen LogP contribution is 2.49. The van der Waals surface area contributed by atoms with Crippen molar-refractivity contribution in [3.05, 3.63) is 138 Å². The van der Waals surface area contributed by atoms with E-state index in [0.29, 0.717) is 0 Å². The van der Waals surface area contributed by atoms with E-state index in [9.17, 15) is 4.79 Å². The van der Waals surface area contributed by atoms with Crippen LogP contribution in [0.2, 0.25) is 0 Å². The lowest BCUT2D eigenvalue weighted by Crippen LogP contribution is -2.43. The number of hydrogen-bond acceptors (Lipinski definition) is 5. The van der Waals surface area contributed by atoms with Gasteiger partial charge in [0.05, 0.1) is 19.8 Å². The van der Waals surface area contributed by atoms with E-state index in [1.54, 1.807) is 7.11 Å². The predicted molar refractivity (Wildman–Crippen MR) is 143 cm³/mol. The van der Waals surface area contributed by atoms with Crippen molar-refractivity contribution in [2.75, 3.05) is 13.7 Å². The van der Waals surface area contributed by atoms with Gasteiger partial charge in [-0.3, -0.25) is 4.79 Å². The van der Waals surface area contributed by atoms with Gasteiger partial charge in [0.25, 0.3) is 0 Å². The normalized spacial score (nSPS) is 19.6. The molecule has 3 unspecified atom stereocenters. The Balaban J connectivity index is 1.70. The highest BCUT2D eigenvalue weighted by Gasteiger charge is 2.51. The quantitative estimate of drug-likeness (QED) is 0.263. The molecule has 3 atom stereocenters. The molecule has 4 aromatic rings. The van der Waals surface area contributed by atoms with E-state index in [-0.39, 0.29) is 18.6 Å². The SMILES string of the molecule is CCOC(=O)C1C(c2ccc(OC)cc2)OC(c2ccccc2)N1C(c1ccccc1)c1ccccc1. The van der Waals surface area contributed by atoms with E-state index in [4.69, 9.17) is 14.2 Å². The number of hydrogen-bond donors (Lipinski definition) is 0. The van der Waals surface area contributed by atoms with Gasteiger partial charge in [-0.15, -0.1) is 0 Å². The lowest BCUT2D eigenvalue weighted by molar-refractivity contribution is -0.150. The van der Waals surface area contributed by atoms with Gasteiger partial charge in [-0.2, -0.15) is 0 Å². The summed E-state index contributed by atoms with van der Waals surface area (Å²) in [7, 11) is 1.64. The molecular weight excluding hydrogens is 462 g/mol. The fourth-order valence-corrected chi connectivity index (χ4v) is 5.08. The van der Waals surface area contributed by atoms with Gasteiger partial charge in [0.1, 0.15) is 24.1 Å². The van der Waals surface area contributed by atoms with Crippen LogP contribution in [0.4, 0.5) is 0 Å². The molecule has 1 fully saturated rings. The highest BCUT2D eigenvalue weighted by molar-refractivity contribution is 5.77. The minimum absolute atomic E-state index is 0.245. The van der Waals surface area contributed by atoms with Crippen LogP contribution < -0.4 is 4.74 Å². The third kappa shape index (κ3) is 5.15. The fourth-order valence-electron chi connectivity index (χ4n) is 5.08. The molecule has 37 heavy (non-hydrogen) atoms. The van der Waals surface area contributed by atoms with E-state index in [1.807, 2.05) is 97.9 Å². The second-order valence-corrected chi connectivity index (χ2v) is 8.96. The average Bonchev–Trinajstić information content (AvgIpc) is 3.35. The van der Waals surface area contributed by atoms with E-state index >= 15 is 0 Å². The molecule has 0 radical (unpaired) electrons. The van der Waals surface area contributed by atoms with Gasteiger partial charge in [0.2, 0.25) is 0 Å². The van der Waals surface area contributed by atoms with Gasteiger partial charge < -0.3 is 14.2 Å². The van der Waals surface area contributed by atoms with Crippen molar-refractivity contribution in [2.45, 2.75) is 31.3 Å². The van der Waals surface area contributed by atoms with Gasteiger partial charge in [-0.25, -0.2) is 4.90 Å². The van der Waals surface area contributed by atoms with E-state index in [0.717, 1.165) is 28.0 Å². The first-order valence-corrected chi connectivity index (χ1v) is 12.6. The summed E-state index contributed by atoms with van der Waals surface area (Å²) in [6, 6.07) is 37.4. The molecule has 0 spiro atoms. The summed E-state index contributed by atoms with van der Waals surface area (Å²) in [6.45, 7) is 2.12. The van der Waals surface area contributed by atoms with Crippen LogP contribution in [0.15, 0.2) is 115 Å². The van der Waals surface area contributed by atoms with E-state index in [1.165, 1.54) is 0 Å². The number of carbonyl (C=O) groups excluding carboxylic acids is 1. The number of rotatable bonds is 8. The molecule has 1 saturated heterocycles. The van der Waals surface area contributed by atoms with Crippen molar-refractivity contribution in [1.29, 1.82) is 0 Å². The maximum Gasteiger partial charge on any atom is 0.326 e. The summed E-state index contributed by atoms with van der Waals surface area (Å²) in [6.07, 6.45) is -1.02. The molecule has 188 valence electrons. The minimum Gasteiger partial charge on any atom is -0.497 e. The Morgan fingerprint density at radius 3 is 1.84 bits per heavy atom. The van der Waals surface area contributed by atoms with Crippen LogP contribution in [0, 0.1) is 0 Å². The molecule has 5 rings (SSSR count). The second kappa shape index (κ2) is 11.4. The Labute approximate surface area is 218 Å². The van der Waals surface area contributed by atoms with Crippen LogP contribution >= 0.6 is 0 Å². The number of carbonyl (C=O) groups is 1. The van der Waals surface area contributed by atoms with E-state index in [2.05, 4.69) is 29.2 Å². The second-order valence-electron chi connectivity index (χ2n) is 8.96. The standard InChI is InChI=1S/C32H31NO4/c1-3-36-32(34)29-30(25-19-21-27(35-2)22-20-25)37-31(26-17-11-6-12-18-26)33(29)28(23-13-7-4-8-14-23)24-15-9-5-10-16-24/h4-22,28-31H,3H2,1-2H3. The molecule has 0 N–H and O–H groups in total. The third-order valence-electron chi connectivity index (χ3n) is 6.74. The number of esters is 1. The van der Waals surface area contributed by atoms with Crippen molar-refractivity contribution < 1.29 is 19.0 Å². The van der Waals surface area contributed by atoms with Crippen LogP contribution in [-0.4, -0.2) is 30.6 Å². The maximum absolute atomic E-state index is 13.7. The van der Waals surface area contributed by atoms with Crippen LogP contribution in [-0.2, 0) is 14.3 Å². The van der Waals surface area contributed by atoms with Gasteiger partial charge in [-0.05, 0) is 41.3 Å². The van der Waals surface area contributed by atoms with Crippen LogP contribution in [0.5, 0.6) is 5.75 Å². The Bertz CT molecular complexity index is 1240. The van der Waals surface area contributed by atoms with Crippen molar-refractivity contribution in [3.63, 3.8) is 0 Å². The van der Waals surface area contributed by atoms with Gasteiger partial charge in [0.15, 0.2) is 0 Å². The molecular formula is C32H31NO4. The van der Waals surface area contributed by atoms with Crippen molar-refractivity contribution in [1.82, 2.24) is 4.90 Å². The Hall–Kier alpha value is -3.93. The van der Waals surface area contributed by atoms with Crippen LogP contribution in [0.25, 0.3) is 0 Å². The zero-order chi connectivity index (χ0) is 25.6. The number of nitrogens with zero attached hydrogens (tertiary/aromatic N) is 1. The minimum atomic E-state index is -0.677. The smallest absolute Gasteiger partial charge is 0.326 e. The van der Waals surface area contributed by atoms with Gasteiger partial charge in [0, 0.05) is 0 Å². The monoisotopic (exact) mass is 493 g/mol. The first kappa shape index (κ1) is 24.8. The fraction of sp³-hybridized carbons (Fsp3) is 0.219. The van der Waals surface area contributed by atoms with Crippen molar-refractivity contribution in [3.8, 4) is 5.75 Å². The lowest BCUT2D eigenvalue weighted by atomic mass is 9.93. The molecule has 0 aliphatic carbocycles. The maximum atomic E-state index is 13.7. The largest absolute Gasteiger partial charge is 0.497 e. The molecule has 1 aliphatic rings. The van der Waals surface area contributed by atoms with E-state index < -0.39 is 18.4 Å². The molecule has 5 nitrogen and oxygen atoms in total. The molecule has 0 aromatic heterocycles. The summed E-state index contributed by atoms with van der Waals surface area (Å²) in [5, 5.41) is 0. The first-order valence-electron chi connectivity index (χ1n) is 12.6. The summed E-state index contributed by atoms with van der Waals surface area (Å²) in [4.78, 5) is 15.9. The van der Waals surface area contributed by atoms with Crippen LogP contribution in [0.3, 0.4) is 0 Å². The Kier molecular flexibility index (Phi) is 7.64. The Morgan fingerprint density at radius 2 is 1.32 bits per heavy atom. The topological polar surface area (TPSA) is 48.0 Å². The van der Waals surface area contributed by atoms with Crippen molar-refractivity contribution in [2.24, 2.45) is 0 Å². The molecule has 4 aromatic carbocycles. The average molecular weight is 494 g/mol. The highest BCUT2D eigenvalue weighted by atomic mass is 16.6. The number of benzene rings is 4. The third-order valence-corrected chi connectivity index (χ3v) is 6.74. The molecule has 1 aliphatic heterocycles. The molecule has 5 heteroatoms. The first-order chi connectivity index (χ1) is 18.2. The predicted octanol–water partition coefficient (Wildman–Crippen LogP) is 6.49. The molecule has 1 heterocycles. The molecule has 0 saturated carbocycles. The van der Waals surface area contributed by atoms with Gasteiger partial charge in [-0.1, -0.05) is 103 Å². The molecule has 0 amide bonds. The van der Waals surface area contributed by atoms with Gasteiger partial charge >= 0.3 is 5.97 Å². The molecule has 0 bridgehead atoms. The zero-order valence-electron chi connectivity index (χ0n) is 21.1. The van der Waals surface area contributed by atoms with Crippen molar-refractivity contribution >= 4 is 5.97 Å². The summed E-state index contributed by atoms with van der Waals surface area (Å²) >= 11 is 0. The summed E-state index contributed by atoms with van der Waals surface area (Å²) in [5.74, 6) is 0.441. The number of methoxy groups -OCH3 is 1. The lowest BCUT2D eigenvalue weighted by Gasteiger charge is -2.36.